The molecule has 11 heteroatoms. The van der Waals surface area contributed by atoms with Crippen molar-refractivity contribution in [2.75, 3.05) is 36.9 Å². The van der Waals surface area contributed by atoms with Crippen molar-refractivity contribution < 1.29 is 32.3 Å². The molecule has 2 aromatic rings. The molecule has 2 aliphatic rings. The van der Waals surface area contributed by atoms with E-state index in [1.165, 1.54) is 10.4 Å². The van der Waals surface area contributed by atoms with Gasteiger partial charge in [-0.1, -0.05) is 0 Å². The Kier molecular flexibility index (Phi) is 7.08. The number of ether oxygens (including phenoxy) is 2. The van der Waals surface area contributed by atoms with Crippen molar-refractivity contribution in [2.45, 2.75) is 31.6 Å². The molecule has 2 N–H and O–H groups in total. The van der Waals surface area contributed by atoms with E-state index in [-0.39, 0.29) is 36.5 Å². The van der Waals surface area contributed by atoms with Gasteiger partial charge in [0.2, 0.25) is 15.9 Å². The zero-order chi connectivity index (χ0) is 25.2. The molecule has 0 aromatic heterocycles. The van der Waals surface area contributed by atoms with Crippen LogP contribution in [0.15, 0.2) is 41.3 Å². The highest BCUT2D eigenvalue weighted by atomic mass is 32.2. The Morgan fingerprint density at radius 2 is 1.97 bits per heavy atom. The molecule has 0 radical (unpaired) electrons. The maximum Gasteiger partial charge on any atom is 0.338 e. The molecule has 0 saturated carbocycles. The van der Waals surface area contributed by atoms with Gasteiger partial charge in [-0.3, -0.25) is 9.59 Å². The van der Waals surface area contributed by atoms with Crippen molar-refractivity contribution in [3.05, 3.63) is 47.5 Å². The summed E-state index contributed by atoms with van der Waals surface area (Å²) in [5.41, 5.74) is 1.79. The number of esters is 1. The van der Waals surface area contributed by atoms with Crippen molar-refractivity contribution in [1.29, 1.82) is 0 Å². The minimum Gasteiger partial charge on any atom is -0.482 e. The predicted molar refractivity (Wildman–Crippen MR) is 128 cm³/mol. The Hall–Kier alpha value is -3.44. The van der Waals surface area contributed by atoms with Gasteiger partial charge >= 0.3 is 5.97 Å². The predicted octanol–water partition coefficient (Wildman–Crippen LogP) is 2.54. The van der Waals surface area contributed by atoms with E-state index < -0.39 is 21.9 Å². The fourth-order valence-corrected chi connectivity index (χ4v) is 5.90. The SMILES string of the molecule is CCOC(=O)c1ccc(NC(=O)C2CCCN(S(=O)(=O)c3cc4c(cc3C)NC(=O)CO4)C2)cc1. The third kappa shape index (κ3) is 5.30. The number of nitrogens with one attached hydrogen (secondary N) is 2. The van der Waals surface area contributed by atoms with Gasteiger partial charge in [0.1, 0.15) is 5.75 Å². The minimum absolute atomic E-state index is 0.0448. The van der Waals surface area contributed by atoms with Crippen LogP contribution in [0.2, 0.25) is 0 Å². The first-order valence-corrected chi connectivity index (χ1v) is 12.8. The van der Waals surface area contributed by atoms with Crippen molar-refractivity contribution in [2.24, 2.45) is 5.92 Å². The van der Waals surface area contributed by atoms with E-state index in [0.29, 0.717) is 47.6 Å². The largest absolute Gasteiger partial charge is 0.482 e. The van der Waals surface area contributed by atoms with Crippen LogP contribution in [0, 0.1) is 12.8 Å². The van der Waals surface area contributed by atoms with Gasteiger partial charge in [-0.2, -0.15) is 4.31 Å². The Labute approximate surface area is 203 Å². The number of aryl methyl sites for hydroxylation is 1. The fourth-order valence-electron chi connectivity index (χ4n) is 4.16. The average molecular weight is 502 g/mol. The van der Waals surface area contributed by atoms with E-state index in [2.05, 4.69) is 10.6 Å². The zero-order valence-electron chi connectivity index (χ0n) is 19.5. The molecule has 2 aliphatic heterocycles. The first-order chi connectivity index (χ1) is 16.7. The number of sulfonamides is 1. The highest BCUT2D eigenvalue weighted by Gasteiger charge is 2.35. The lowest BCUT2D eigenvalue weighted by atomic mass is 9.98. The lowest BCUT2D eigenvalue weighted by Crippen LogP contribution is -2.43. The van der Waals surface area contributed by atoms with E-state index in [1.54, 1.807) is 44.2 Å². The second kappa shape index (κ2) is 10.0. The molecule has 35 heavy (non-hydrogen) atoms. The molecule has 4 rings (SSSR count). The van der Waals surface area contributed by atoms with E-state index >= 15 is 0 Å². The number of rotatable bonds is 6. The minimum atomic E-state index is -3.89. The number of carbonyl (C=O) groups is 3. The summed E-state index contributed by atoms with van der Waals surface area (Å²) in [7, 11) is -3.89. The van der Waals surface area contributed by atoms with Crippen LogP contribution in [0.1, 0.15) is 35.7 Å². The summed E-state index contributed by atoms with van der Waals surface area (Å²) < 4.78 is 38.6. The average Bonchev–Trinajstić information content (AvgIpc) is 2.84. The standard InChI is InChI=1S/C24H27N3O7S/c1-3-33-24(30)16-6-8-18(9-7-16)25-23(29)17-5-4-10-27(13-17)35(31,32)21-12-20-19(11-15(21)2)26-22(28)14-34-20/h6-9,11-12,17H,3-5,10,13-14H2,1-2H3,(H,25,29)(H,26,28). The van der Waals surface area contributed by atoms with Crippen LogP contribution in [0.3, 0.4) is 0 Å². The smallest absolute Gasteiger partial charge is 0.338 e. The first kappa shape index (κ1) is 24.7. The number of piperidine rings is 1. The van der Waals surface area contributed by atoms with E-state index in [9.17, 15) is 22.8 Å². The number of nitrogens with zero attached hydrogens (tertiary/aromatic N) is 1. The number of benzene rings is 2. The van der Waals surface area contributed by atoms with Gasteiger partial charge in [0, 0.05) is 24.8 Å². The second-order valence-electron chi connectivity index (χ2n) is 8.44. The summed E-state index contributed by atoms with van der Waals surface area (Å²) in [4.78, 5) is 36.3. The molecule has 1 saturated heterocycles. The molecule has 2 heterocycles. The van der Waals surface area contributed by atoms with Crippen molar-refractivity contribution >= 4 is 39.2 Å². The van der Waals surface area contributed by atoms with E-state index in [1.807, 2.05) is 0 Å². The third-order valence-electron chi connectivity index (χ3n) is 5.95. The van der Waals surface area contributed by atoms with Crippen LogP contribution >= 0.6 is 0 Å². The quantitative estimate of drug-likeness (QED) is 0.582. The molecule has 1 atom stereocenters. The summed E-state index contributed by atoms with van der Waals surface area (Å²) in [5, 5.41) is 5.47. The normalized spacial score (nSPS) is 18.1. The molecule has 1 unspecified atom stereocenters. The molecule has 186 valence electrons. The van der Waals surface area contributed by atoms with Crippen LogP contribution < -0.4 is 15.4 Å². The Morgan fingerprint density at radius 3 is 2.69 bits per heavy atom. The zero-order valence-corrected chi connectivity index (χ0v) is 20.3. The van der Waals surface area contributed by atoms with Gasteiger partial charge in [0.25, 0.3) is 5.91 Å². The summed E-state index contributed by atoms with van der Waals surface area (Å²) in [6.07, 6.45) is 1.09. The molecular weight excluding hydrogens is 474 g/mol. The number of anilines is 2. The third-order valence-corrected chi connectivity index (χ3v) is 7.95. The highest BCUT2D eigenvalue weighted by Crippen LogP contribution is 2.35. The fraction of sp³-hybridized carbons (Fsp3) is 0.375. The van der Waals surface area contributed by atoms with Crippen LogP contribution in [0.25, 0.3) is 0 Å². The van der Waals surface area contributed by atoms with E-state index in [0.717, 1.165) is 0 Å². The highest BCUT2D eigenvalue weighted by molar-refractivity contribution is 7.89. The van der Waals surface area contributed by atoms with Crippen LogP contribution in [0.4, 0.5) is 11.4 Å². The van der Waals surface area contributed by atoms with Crippen molar-refractivity contribution in [3.8, 4) is 5.75 Å². The number of amides is 2. The lowest BCUT2D eigenvalue weighted by molar-refractivity contribution is -0.121. The molecule has 0 aliphatic carbocycles. The summed E-state index contributed by atoms with van der Waals surface area (Å²) >= 11 is 0. The summed E-state index contributed by atoms with van der Waals surface area (Å²) in [5.74, 6) is -1.26. The monoisotopic (exact) mass is 501 g/mol. The Morgan fingerprint density at radius 1 is 1.23 bits per heavy atom. The number of fused-ring (bicyclic) bond motifs is 1. The van der Waals surface area contributed by atoms with Crippen LogP contribution in [-0.2, 0) is 24.3 Å². The van der Waals surface area contributed by atoms with Gasteiger partial charge in [0.15, 0.2) is 6.61 Å². The molecular formula is C24H27N3O7S. The Bertz CT molecular complexity index is 1260. The molecule has 0 bridgehead atoms. The van der Waals surface area contributed by atoms with Crippen molar-refractivity contribution in [1.82, 2.24) is 4.31 Å². The Balaban J connectivity index is 1.46. The molecule has 10 nitrogen and oxygen atoms in total. The number of hydrogen-bond donors (Lipinski definition) is 2. The maximum absolute atomic E-state index is 13.4. The molecule has 1 fully saturated rings. The topological polar surface area (TPSA) is 131 Å². The van der Waals surface area contributed by atoms with Gasteiger partial charge in [-0.05, 0) is 62.6 Å². The molecule has 2 aromatic carbocycles. The molecule has 2 amide bonds. The number of carbonyl (C=O) groups excluding carboxylic acids is 3. The van der Waals surface area contributed by atoms with E-state index in [4.69, 9.17) is 9.47 Å². The van der Waals surface area contributed by atoms with Crippen LogP contribution in [0.5, 0.6) is 5.75 Å². The van der Waals surface area contributed by atoms with Gasteiger partial charge in [-0.25, -0.2) is 13.2 Å². The molecule has 0 spiro atoms. The lowest BCUT2D eigenvalue weighted by Gasteiger charge is -2.32. The maximum atomic E-state index is 13.4. The summed E-state index contributed by atoms with van der Waals surface area (Å²) in [6.45, 7) is 3.81. The van der Waals surface area contributed by atoms with Gasteiger partial charge in [-0.15, -0.1) is 0 Å². The second-order valence-corrected chi connectivity index (χ2v) is 10.3. The van der Waals surface area contributed by atoms with Gasteiger partial charge in [0.05, 0.1) is 28.7 Å². The van der Waals surface area contributed by atoms with Crippen molar-refractivity contribution in [3.63, 3.8) is 0 Å². The van der Waals surface area contributed by atoms with Gasteiger partial charge < -0.3 is 20.1 Å². The first-order valence-electron chi connectivity index (χ1n) is 11.3. The summed E-state index contributed by atoms with van der Waals surface area (Å²) in [6, 6.07) is 9.35. The van der Waals surface area contributed by atoms with Crippen LogP contribution in [-0.4, -0.2) is 56.8 Å². The number of hydrogen-bond acceptors (Lipinski definition) is 7.